The Kier molecular flexibility index (Phi) is 3.38. The van der Waals surface area contributed by atoms with Gasteiger partial charge in [0.05, 0.1) is 23.0 Å². The molecule has 3 aromatic rings. The molecule has 1 amide bonds. The Morgan fingerprint density at radius 1 is 1.22 bits per heavy atom. The van der Waals surface area contributed by atoms with Crippen molar-refractivity contribution in [3.63, 3.8) is 0 Å². The Labute approximate surface area is 133 Å². The Morgan fingerprint density at radius 3 is 2.74 bits per heavy atom. The normalized spacial score (nSPS) is 16.1. The number of hydrogen-bond donors (Lipinski definition) is 2. The number of aliphatic hydroxyl groups excluding tert-OH is 1. The van der Waals surface area contributed by atoms with Gasteiger partial charge in [-0.3, -0.25) is 9.67 Å². The Hall–Kier alpha value is -2.60. The highest BCUT2D eigenvalue weighted by Crippen LogP contribution is 2.28. The third-order valence-electron chi connectivity index (χ3n) is 4.41. The summed E-state index contributed by atoms with van der Waals surface area (Å²) in [6, 6.07) is 11.7. The van der Waals surface area contributed by atoms with E-state index in [2.05, 4.69) is 10.2 Å². The van der Waals surface area contributed by atoms with Crippen molar-refractivity contribution in [3.05, 3.63) is 42.6 Å². The quantitative estimate of drug-likeness (QED) is 0.725. The number of aromatic amines is 1. The first-order valence-electron chi connectivity index (χ1n) is 7.81. The first-order valence-corrected chi connectivity index (χ1v) is 7.81. The van der Waals surface area contributed by atoms with Gasteiger partial charge in [-0.25, -0.2) is 4.79 Å². The number of hydrogen-bond acceptors (Lipinski definition) is 3. The predicted molar refractivity (Wildman–Crippen MR) is 87.1 cm³/mol. The lowest BCUT2D eigenvalue weighted by molar-refractivity contribution is 0.0944. The summed E-state index contributed by atoms with van der Waals surface area (Å²) in [5.41, 5.74) is 2.50. The van der Waals surface area contributed by atoms with Crippen LogP contribution in [0.1, 0.15) is 12.8 Å². The summed E-state index contributed by atoms with van der Waals surface area (Å²) in [5.74, 6) is 0. The summed E-state index contributed by atoms with van der Waals surface area (Å²) >= 11 is 0. The number of amides is 1. The topological polar surface area (TPSA) is 74.2 Å². The van der Waals surface area contributed by atoms with E-state index in [4.69, 9.17) is 0 Å². The van der Waals surface area contributed by atoms with E-state index in [0.717, 1.165) is 22.3 Å². The molecule has 2 N–H and O–H groups in total. The number of carbonyl (C=O) groups is 1. The van der Waals surface area contributed by atoms with Crippen molar-refractivity contribution in [3.8, 4) is 11.4 Å². The average molecular weight is 310 g/mol. The second kappa shape index (κ2) is 5.55. The third kappa shape index (κ3) is 2.41. The number of nitrogens with zero attached hydrogens (tertiary/aromatic N) is 3. The van der Waals surface area contributed by atoms with E-state index in [1.54, 1.807) is 15.7 Å². The number of rotatable bonds is 1. The smallest absolute Gasteiger partial charge is 0.329 e. The maximum atomic E-state index is 13.1. The molecular formula is C17H18N4O2. The van der Waals surface area contributed by atoms with Gasteiger partial charge in [0.1, 0.15) is 0 Å². The van der Waals surface area contributed by atoms with E-state index >= 15 is 0 Å². The van der Waals surface area contributed by atoms with Gasteiger partial charge in [0.2, 0.25) is 0 Å². The first kappa shape index (κ1) is 14.0. The second-order valence-corrected chi connectivity index (χ2v) is 5.89. The number of benzene rings is 1. The lowest BCUT2D eigenvalue weighted by Crippen LogP contribution is -2.42. The molecule has 2 aromatic heterocycles. The molecule has 23 heavy (non-hydrogen) atoms. The summed E-state index contributed by atoms with van der Waals surface area (Å²) < 4.78 is 1.74. The Balaban J connectivity index is 1.81. The fourth-order valence-corrected chi connectivity index (χ4v) is 3.16. The van der Waals surface area contributed by atoms with Gasteiger partial charge in [-0.05, 0) is 31.0 Å². The molecule has 0 bridgehead atoms. The van der Waals surface area contributed by atoms with Gasteiger partial charge in [0, 0.05) is 24.7 Å². The summed E-state index contributed by atoms with van der Waals surface area (Å²) in [6.45, 7) is 1.16. The molecule has 1 aliphatic heterocycles. The summed E-state index contributed by atoms with van der Waals surface area (Å²) in [7, 11) is 0. The summed E-state index contributed by atoms with van der Waals surface area (Å²) in [4.78, 5) is 14.9. The second-order valence-electron chi connectivity index (χ2n) is 5.89. The van der Waals surface area contributed by atoms with Gasteiger partial charge in [-0.2, -0.15) is 5.10 Å². The van der Waals surface area contributed by atoms with Crippen LogP contribution in [0.25, 0.3) is 22.3 Å². The van der Waals surface area contributed by atoms with Gasteiger partial charge in [0.25, 0.3) is 0 Å². The molecule has 0 spiro atoms. The largest absolute Gasteiger partial charge is 0.393 e. The standard InChI is InChI=1S/C17H18N4O2/c22-13-6-9-20(10-7-13)17(23)21-15-4-2-1-3-12(15)11-16(21)14-5-8-18-19-14/h1-5,8,11,13,22H,6-7,9-10H2,(H,18,19). The van der Waals surface area contributed by atoms with Gasteiger partial charge in [-0.15, -0.1) is 0 Å². The number of piperidine rings is 1. The Morgan fingerprint density at radius 2 is 2.00 bits per heavy atom. The molecule has 118 valence electrons. The van der Waals surface area contributed by atoms with Crippen LogP contribution in [-0.2, 0) is 0 Å². The minimum absolute atomic E-state index is 0.0531. The lowest BCUT2D eigenvalue weighted by atomic mass is 10.1. The Bertz CT molecular complexity index is 830. The molecule has 0 atom stereocenters. The van der Waals surface area contributed by atoms with E-state index < -0.39 is 0 Å². The van der Waals surface area contributed by atoms with Gasteiger partial charge in [0.15, 0.2) is 0 Å². The number of likely N-dealkylation sites (tertiary alicyclic amines) is 1. The third-order valence-corrected chi connectivity index (χ3v) is 4.41. The van der Waals surface area contributed by atoms with Crippen molar-refractivity contribution < 1.29 is 9.90 Å². The molecular weight excluding hydrogens is 292 g/mol. The highest BCUT2D eigenvalue weighted by atomic mass is 16.3. The van der Waals surface area contributed by atoms with Crippen LogP contribution in [0.3, 0.4) is 0 Å². The molecule has 0 unspecified atom stereocenters. The summed E-state index contributed by atoms with van der Waals surface area (Å²) in [5, 5.41) is 17.6. The SMILES string of the molecule is O=C(N1CCC(O)CC1)n1c(-c2ccn[nH]2)cc2ccccc21. The molecule has 1 aromatic carbocycles. The van der Waals surface area contributed by atoms with Crippen molar-refractivity contribution in [1.82, 2.24) is 19.7 Å². The van der Waals surface area contributed by atoms with E-state index in [9.17, 15) is 9.90 Å². The fraction of sp³-hybridized carbons (Fsp3) is 0.294. The molecule has 4 rings (SSSR count). The zero-order valence-electron chi connectivity index (χ0n) is 12.6. The number of fused-ring (bicyclic) bond motifs is 1. The maximum absolute atomic E-state index is 13.1. The van der Waals surface area contributed by atoms with Crippen molar-refractivity contribution in [2.45, 2.75) is 18.9 Å². The molecule has 0 saturated carbocycles. The monoisotopic (exact) mass is 310 g/mol. The fourth-order valence-electron chi connectivity index (χ4n) is 3.16. The molecule has 0 aliphatic carbocycles. The van der Waals surface area contributed by atoms with E-state index in [1.165, 1.54) is 0 Å². The minimum Gasteiger partial charge on any atom is -0.393 e. The molecule has 0 radical (unpaired) electrons. The highest BCUT2D eigenvalue weighted by Gasteiger charge is 2.25. The van der Waals surface area contributed by atoms with Gasteiger partial charge in [-0.1, -0.05) is 18.2 Å². The number of nitrogens with one attached hydrogen (secondary N) is 1. The number of carbonyl (C=O) groups excluding carboxylic acids is 1. The van der Waals surface area contributed by atoms with Crippen molar-refractivity contribution in [1.29, 1.82) is 0 Å². The van der Waals surface area contributed by atoms with Gasteiger partial charge >= 0.3 is 6.03 Å². The zero-order chi connectivity index (χ0) is 15.8. The van der Waals surface area contributed by atoms with Crippen molar-refractivity contribution in [2.75, 3.05) is 13.1 Å². The van der Waals surface area contributed by atoms with E-state index in [0.29, 0.717) is 25.9 Å². The first-order chi connectivity index (χ1) is 11.2. The minimum atomic E-state index is -0.299. The number of para-hydroxylation sites is 1. The van der Waals surface area contributed by atoms with Crippen molar-refractivity contribution >= 4 is 16.9 Å². The summed E-state index contributed by atoms with van der Waals surface area (Å²) in [6.07, 6.45) is 2.64. The van der Waals surface area contributed by atoms with Crippen LogP contribution in [-0.4, -0.2) is 50.0 Å². The van der Waals surface area contributed by atoms with Gasteiger partial charge < -0.3 is 10.0 Å². The van der Waals surface area contributed by atoms with Crippen LogP contribution in [0.5, 0.6) is 0 Å². The number of aliphatic hydroxyl groups is 1. The molecule has 6 heteroatoms. The lowest BCUT2D eigenvalue weighted by Gasteiger charge is -2.30. The molecule has 1 fully saturated rings. The van der Waals surface area contributed by atoms with Crippen LogP contribution >= 0.6 is 0 Å². The van der Waals surface area contributed by atoms with Crippen LogP contribution in [0.2, 0.25) is 0 Å². The zero-order valence-corrected chi connectivity index (χ0v) is 12.6. The highest BCUT2D eigenvalue weighted by molar-refractivity contribution is 5.97. The van der Waals surface area contributed by atoms with Crippen LogP contribution in [0.4, 0.5) is 4.79 Å². The van der Waals surface area contributed by atoms with E-state index in [1.807, 2.05) is 36.4 Å². The van der Waals surface area contributed by atoms with Crippen LogP contribution in [0.15, 0.2) is 42.6 Å². The maximum Gasteiger partial charge on any atom is 0.329 e. The van der Waals surface area contributed by atoms with Crippen LogP contribution in [0, 0.1) is 0 Å². The van der Waals surface area contributed by atoms with Crippen molar-refractivity contribution in [2.24, 2.45) is 0 Å². The van der Waals surface area contributed by atoms with Crippen LogP contribution < -0.4 is 0 Å². The molecule has 1 saturated heterocycles. The number of H-pyrrole nitrogens is 1. The van der Waals surface area contributed by atoms with E-state index in [-0.39, 0.29) is 12.1 Å². The molecule has 1 aliphatic rings. The predicted octanol–water partition coefficient (Wildman–Crippen LogP) is 2.46. The molecule has 3 heterocycles. The molecule has 6 nitrogen and oxygen atoms in total. The number of aromatic nitrogens is 3. The average Bonchev–Trinajstić information content (AvgIpc) is 3.22.